The lowest BCUT2D eigenvalue weighted by Crippen LogP contribution is -2.24. The van der Waals surface area contributed by atoms with Crippen LogP contribution in [0.3, 0.4) is 0 Å². The monoisotopic (exact) mass is 329 g/mol. The molecule has 0 saturated carbocycles. The number of rotatable bonds is 5. The van der Waals surface area contributed by atoms with Gasteiger partial charge in [0.15, 0.2) is 0 Å². The number of benzene rings is 2. The van der Waals surface area contributed by atoms with Gasteiger partial charge in [0.25, 0.3) is 0 Å². The van der Waals surface area contributed by atoms with Crippen molar-refractivity contribution < 1.29 is 8.78 Å². The van der Waals surface area contributed by atoms with Gasteiger partial charge in [-0.2, -0.15) is 0 Å². The highest BCUT2D eigenvalue weighted by Gasteiger charge is 2.17. The maximum Gasteiger partial charge on any atom is 0.128 e. The molecule has 0 saturated heterocycles. The molecule has 1 unspecified atom stereocenters. The van der Waals surface area contributed by atoms with Crippen LogP contribution in [0.25, 0.3) is 0 Å². The molecular formula is C16H15Cl2F2N. The van der Waals surface area contributed by atoms with Gasteiger partial charge in [-0.3, -0.25) is 0 Å². The van der Waals surface area contributed by atoms with Crippen molar-refractivity contribution in [3.05, 3.63) is 69.2 Å². The molecule has 1 N–H and O–H groups in total. The van der Waals surface area contributed by atoms with Crippen molar-refractivity contribution in [1.29, 1.82) is 0 Å². The molecule has 0 bridgehead atoms. The van der Waals surface area contributed by atoms with Gasteiger partial charge in [-0.1, -0.05) is 36.2 Å². The molecule has 0 fully saturated rings. The fourth-order valence-corrected chi connectivity index (χ4v) is 2.71. The van der Waals surface area contributed by atoms with Crippen molar-refractivity contribution in [3.63, 3.8) is 0 Å². The van der Waals surface area contributed by atoms with Crippen LogP contribution >= 0.6 is 23.2 Å². The first-order valence-corrected chi connectivity index (χ1v) is 7.39. The summed E-state index contributed by atoms with van der Waals surface area (Å²) in [5.74, 6) is -0.899. The van der Waals surface area contributed by atoms with Crippen LogP contribution < -0.4 is 5.32 Å². The molecule has 5 heteroatoms. The summed E-state index contributed by atoms with van der Waals surface area (Å²) in [4.78, 5) is 0. The second kappa shape index (κ2) is 7.21. The number of hydrogen-bond donors (Lipinski definition) is 1. The lowest BCUT2D eigenvalue weighted by Gasteiger charge is -2.20. The zero-order chi connectivity index (χ0) is 15.4. The van der Waals surface area contributed by atoms with Crippen molar-refractivity contribution in [2.45, 2.75) is 19.4 Å². The van der Waals surface area contributed by atoms with Crippen molar-refractivity contribution in [1.82, 2.24) is 5.32 Å². The minimum Gasteiger partial charge on any atom is -0.310 e. The molecule has 0 aliphatic rings. The zero-order valence-electron chi connectivity index (χ0n) is 11.5. The van der Waals surface area contributed by atoms with E-state index < -0.39 is 11.6 Å². The van der Waals surface area contributed by atoms with Gasteiger partial charge in [-0.25, -0.2) is 8.78 Å². The van der Waals surface area contributed by atoms with Gasteiger partial charge in [-0.05, 0) is 48.9 Å². The predicted octanol–water partition coefficient (Wildman–Crippen LogP) is 5.16. The summed E-state index contributed by atoms with van der Waals surface area (Å²) in [6, 6.07) is 8.27. The second-order valence-electron chi connectivity index (χ2n) is 4.72. The Morgan fingerprint density at radius 1 is 1.10 bits per heavy atom. The molecule has 2 rings (SSSR count). The van der Waals surface area contributed by atoms with Gasteiger partial charge in [-0.15, -0.1) is 0 Å². The Morgan fingerprint density at radius 2 is 1.86 bits per heavy atom. The van der Waals surface area contributed by atoms with Crippen LogP contribution in [0.5, 0.6) is 0 Å². The van der Waals surface area contributed by atoms with E-state index in [1.165, 1.54) is 6.07 Å². The molecule has 0 aliphatic carbocycles. The summed E-state index contributed by atoms with van der Waals surface area (Å²) in [5.41, 5.74) is 1.12. The fraction of sp³-hybridized carbons (Fsp3) is 0.250. The molecule has 0 aromatic heterocycles. The quantitative estimate of drug-likeness (QED) is 0.798. The van der Waals surface area contributed by atoms with Gasteiger partial charge < -0.3 is 5.32 Å². The summed E-state index contributed by atoms with van der Waals surface area (Å²) in [5, 5.41) is 4.22. The SMILES string of the molecule is CCNC(Cc1ccc(Cl)cc1Cl)c1cc(F)ccc1F. The van der Waals surface area contributed by atoms with Gasteiger partial charge in [0, 0.05) is 21.7 Å². The average Bonchev–Trinajstić information content (AvgIpc) is 2.44. The van der Waals surface area contributed by atoms with Gasteiger partial charge in [0.2, 0.25) is 0 Å². The number of nitrogens with one attached hydrogen (secondary N) is 1. The summed E-state index contributed by atoms with van der Waals surface area (Å²) in [7, 11) is 0. The third-order valence-corrected chi connectivity index (χ3v) is 3.81. The smallest absolute Gasteiger partial charge is 0.128 e. The normalized spacial score (nSPS) is 12.4. The molecule has 0 radical (unpaired) electrons. The van der Waals surface area contributed by atoms with E-state index in [1.807, 2.05) is 6.92 Å². The number of likely N-dealkylation sites (N-methyl/N-ethyl adjacent to an activating group) is 1. The molecule has 2 aromatic rings. The first-order valence-electron chi connectivity index (χ1n) is 6.63. The van der Waals surface area contributed by atoms with Crippen molar-refractivity contribution in [3.8, 4) is 0 Å². The average molecular weight is 330 g/mol. The van der Waals surface area contributed by atoms with Crippen LogP contribution in [0.1, 0.15) is 24.1 Å². The second-order valence-corrected chi connectivity index (χ2v) is 5.56. The summed E-state index contributed by atoms with van der Waals surface area (Å²) in [6.45, 7) is 2.54. The molecule has 0 amide bonds. The van der Waals surface area contributed by atoms with Gasteiger partial charge in [0.1, 0.15) is 11.6 Å². The van der Waals surface area contributed by atoms with Crippen LogP contribution in [0, 0.1) is 11.6 Å². The van der Waals surface area contributed by atoms with Crippen LogP contribution in [0.2, 0.25) is 10.0 Å². The standard InChI is InChI=1S/C16H15Cl2F2N/c1-2-21-16(13-9-12(19)5-6-15(13)20)7-10-3-4-11(17)8-14(10)18/h3-6,8-9,16,21H,2,7H2,1H3. The van der Waals surface area contributed by atoms with E-state index in [0.29, 0.717) is 28.6 Å². The van der Waals surface area contributed by atoms with E-state index in [-0.39, 0.29) is 6.04 Å². The Kier molecular flexibility index (Phi) is 5.57. The molecule has 21 heavy (non-hydrogen) atoms. The molecule has 1 nitrogen and oxygen atoms in total. The first kappa shape index (κ1) is 16.2. The van der Waals surface area contributed by atoms with Crippen LogP contribution in [0.4, 0.5) is 8.78 Å². The highest BCUT2D eigenvalue weighted by molar-refractivity contribution is 6.35. The molecule has 0 aliphatic heterocycles. The van der Waals surface area contributed by atoms with E-state index in [0.717, 1.165) is 17.7 Å². The van der Waals surface area contributed by atoms with Crippen molar-refractivity contribution in [2.24, 2.45) is 0 Å². The van der Waals surface area contributed by atoms with Crippen LogP contribution in [-0.2, 0) is 6.42 Å². The van der Waals surface area contributed by atoms with Crippen molar-refractivity contribution in [2.75, 3.05) is 6.54 Å². The molecule has 1 atom stereocenters. The summed E-state index contributed by atoms with van der Waals surface area (Å²) >= 11 is 12.0. The Labute approximate surface area is 132 Å². The lowest BCUT2D eigenvalue weighted by molar-refractivity contribution is 0.502. The highest BCUT2D eigenvalue weighted by atomic mass is 35.5. The van der Waals surface area contributed by atoms with Gasteiger partial charge >= 0.3 is 0 Å². The van der Waals surface area contributed by atoms with Crippen LogP contribution in [-0.4, -0.2) is 6.54 Å². The lowest BCUT2D eigenvalue weighted by atomic mass is 9.98. The molecule has 112 valence electrons. The van der Waals surface area contributed by atoms with Crippen LogP contribution in [0.15, 0.2) is 36.4 Å². The maximum absolute atomic E-state index is 13.9. The zero-order valence-corrected chi connectivity index (χ0v) is 13.0. The molecule has 2 aromatic carbocycles. The summed E-state index contributed by atoms with van der Waals surface area (Å²) < 4.78 is 27.3. The van der Waals surface area contributed by atoms with E-state index in [1.54, 1.807) is 18.2 Å². The Hall–Kier alpha value is -1.16. The van der Waals surface area contributed by atoms with E-state index in [2.05, 4.69) is 5.32 Å². The number of hydrogen-bond acceptors (Lipinski definition) is 1. The predicted molar refractivity (Wildman–Crippen MR) is 82.9 cm³/mol. The Morgan fingerprint density at radius 3 is 2.52 bits per heavy atom. The molecule has 0 heterocycles. The van der Waals surface area contributed by atoms with E-state index in [4.69, 9.17) is 23.2 Å². The molecule has 0 spiro atoms. The Balaban J connectivity index is 2.32. The largest absolute Gasteiger partial charge is 0.310 e. The maximum atomic E-state index is 13.9. The third-order valence-electron chi connectivity index (χ3n) is 3.22. The van der Waals surface area contributed by atoms with Crippen molar-refractivity contribution >= 4 is 23.2 Å². The highest BCUT2D eigenvalue weighted by Crippen LogP contribution is 2.27. The molecular weight excluding hydrogens is 315 g/mol. The van der Waals surface area contributed by atoms with E-state index in [9.17, 15) is 8.78 Å². The summed E-state index contributed by atoms with van der Waals surface area (Å²) in [6.07, 6.45) is 0.449. The minimum absolute atomic E-state index is 0.294. The topological polar surface area (TPSA) is 12.0 Å². The minimum atomic E-state index is -0.462. The first-order chi connectivity index (χ1) is 10.0. The van der Waals surface area contributed by atoms with Gasteiger partial charge in [0.05, 0.1) is 0 Å². The van der Waals surface area contributed by atoms with E-state index >= 15 is 0 Å². The Bertz CT molecular complexity index is 632. The number of halogens is 4. The fourth-order valence-electron chi connectivity index (χ4n) is 2.23. The third kappa shape index (κ3) is 4.16.